The van der Waals surface area contributed by atoms with E-state index in [1.807, 2.05) is 26.8 Å². The lowest BCUT2D eigenvalue weighted by molar-refractivity contribution is -0.757. The topological polar surface area (TPSA) is 188 Å². The van der Waals surface area contributed by atoms with Crippen LogP contribution in [0.4, 0.5) is 0 Å². The fourth-order valence-electron chi connectivity index (χ4n) is 8.82. The van der Waals surface area contributed by atoms with Crippen molar-refractivity contribution in [1.82, 2.24) is 5.32 Å². The van der Waals surface area contributed by atoms with E-state index in [9.17, 15) is 39.2 Å². The van der Waals surface area contributed by atoms with Crippen molar-refractivity contribution in [3.63, 3.8) is 0 Å². The van der Waals surface area contributed by atoms with Crippen molar-refractivity contribution in [3.05, 3.63) is 33.9 Å². The second kappa shape index (κ2) is 14.0. The molecule has 1 amide bonds. The highest BCUT2D eigenvalue weighted by molar-refractivity contribution is 6.26. The van der Waals surface area contributed by atoms with Crippen LogP contribution in [-0.4, -0.2) is 75.9 Å². The molecule has 0 heterocycles. The monoisotopic (exact) mass is 680 g/mol. The van der Waals surface area contributed by atoms with Crippen molar-refractivity contribution in [1.29, 1.82) is 0 Å². The van der Waals surface area contributed by atoms with Crippen LogP contribution in [0.25, 0.3) is 0 Å². The zero-order chi connectivity index (χ0) is 34.8. The standard InChI is InChI=1S/C33H45ClN2O11/c1-5-28(41)47-33(26(39)19-45-29(42)18-35-27(40)9-7-6-8-14-46-36(43)44)20(2)15-24-23-11-10-21-16-22(37)12-13-30(21,3)32(23,34)25(38)17-31(24,33)4/h10,12-13,20,23-25,38H,5-9,11,14-19H2,1-4H3,(H,35,40)/t20-,23-,24-,25-,30-,31-,32-,33-/m0/s1. The van der Waals surface area contributed by atoms with Gasteiger partial charge < -0.3 is 24.7 Å². The molecule has 0 aromatic rings. The molecular weight excluding hydrogens is 636 g/mol. The van der Waals surface area contributed by atoms with Crippen LogP contribution in [0, 0.1) is 38.7 Å². The number of halogens is 1. The van der Waals surface area contributed by atoms with E-state index in [-0.39, 0.29) is 49.9 Å². The molecule has 0 spiro atoms. The predicted molar refractivity (Wildman–Crippen MR) is 167 cm³/mol. The lowest BCUT2D eigenvalue weighted by Gasteiger charge is -2.63. The number of nitrogens with zero attached hydrogens (tertiary/aromatic N) is 1. The highest BCUT2D eigenvalue weighted by Gasteiger charge is 2.76. The SMILES string of the molecule is CCC(=O)O[C@]1(C(=O)COC(=O)CNC(=O)CCCCCO[N+](=O)[O-])[C@@H](C)C[C@H]2[C@@H]3CC=C4CC(=O)C=C[C@]4(C)[C@@]3(Cl)[C@@H](O)C[C@@]21C. The number of nitrogens with one attached hydrogen (secondary N) is 1. The van der Waals surface area contributed by atoms with Crippen molar-refractivity contribution < 1.29 is 48.5 Å². The van der Waals surface area contributed by atoms with Gasteiger partial charge in [0.1, 0.15) is 6.54 Å². The smallest absolute Gasteiger partial charge is 0.325 e. The number of amides is 1. The summed E-state index contributed by atoms with van der Waals surface area (Å²) in [5.74, 6) is -3.58. The van der Waals surface area contributed by atoms with Gasteiger partial charge in [-0.25, -0.2) is 0 Å². The molecule has 0 aliphatic heterocycles. The second-order valence-electron chi connectivity index (χ2n) is 13.7. The van der Waals surface area contributed by atoms with E-state index in [2.05, 4.69) is 10.2 Å². The molecule has 4 aliphatic rings. The summed E-state index contributed by atoms with van der Waals surface area (Å²) in [6, 6.07) is 0. The van der Waals surface area contributed by atoms with Gasteiger partial charge in [-0.05, 0) is 50.0 Å². The zero-order valence-electron chi connectivity index (χ0n) is 27.4. The molecule has 47 heavy (non-hydrogen) atoms. The highest BCUT2D eigenvalue weighted by atomic mass is 35.5. The van der Waals surface area contributed by atoms with Crippen molar-refractivity contribution in [2.45, 2.75) is 102 Å². The van der Waals surface area contributed by atoms with Crippen molar-refractivity contribution in [3.8, 4) is 0 Å². The number of esters is 2. The fourth-order valence-corrected chi connectivity index (χ4v) is 9.33. The van der Waals surface area contributed by atoms with Crippen LogP contribution in [0.15, 0.2) is 23.8 Å². The van der Waals surface area contributed by atoms with Crippen molar-refractivity contribution in [2.75, 3.05) is 19.8 Å². The molecule has 2 saturated carbocycles. The number of alkyl halides is 1. The van der Waals surface area contributed by atoms with Gasteiger partial charge >= 0.3 is 11.9 Å². The Kier molecular flexibility index (Phi) is 10.9. The Labute approximate surface area is 278 Å². The molecule has 4 aliphatic carbocycles. The molecule has 0 aromatic heterocycles. The van der Waals surface area contributed by atoms with Crippen LogP contribution >= 0.6 is 11.6 Å². The van der Waals surface area contributed by atoms with Crippen LogP contribution in [0.5, 0.6) is 0 Å². The first-order chi connectivity index (χ1) is 22.1. The number of ketones is 2. The Morgan fingerprint density at radius 1 is 1.15 bits per heavy atom. The second-order valence-corrected chi connectivity index (χ2v) is 14.3. The molecule has 0 unspecified atom stereocenters. The first-order valence-corrected chi connectivity index (χ1v) is 16.7. The quantitative estimate of drug-likeness (QED) is 0.0682. The number of carbonyl (C=O) groups excluding carboxylic acids is 5. The number of unbranched alkanes of at least 4 members (excludes halogenated alkanes) is 2. The maximum Gasteiger partial charge on any atom is 0.325 e. The first kappa shape index (κ1) is 36.5. The van der Waals surface area contributed by atoms with Crippen LogP contribution in [0.3, 0.4) is 0 Å². The third-order valence-electron chi connectivity index (χ3n) is 11.2. The lowest BCUT2D eigenvalue weighted by Crippen LogP contribution is -2.69. The summed E-state index contributed by atoms with van der Waals surface area (Å²) in [5.41, 5.74) is -2.70. The molecule has 0 radical (unpaired) electrons. The molecule has 0 aromatic carbocycles. The van der Waals surface area contributed by atoms with Gasteiger partial charge in [0.2, 0.25) is 11.7 Å². The normalized spacial score (nSPS) is 35.4. The van der Waals surface area contributed by atoms with Crippen LogP contribution in [-0.2, 0) is 38.3 Å². The molecule has 260 valence electrons. The number of allylic oxidation sites excluding steroid dienone is 4. The third-order valence-corrected chi connectivity index (χ3v) is 12.1. The van der Waals surface area contributed by atoms with Gasteiger partial charge in [0.25, 0.3) is 5.09 Å². The van der Waals surface area contributed by atoms with Crippen LogP contribution < -0.4 is 5.32 Å². The van der Waals surface area contributed by atoms with Gasteiger partial charge in [0.05, 0.1) is 17.6 Å². The summed E-state index contributed by atoms with van der Waals surface area (Å²) in [6.45, 7) is 5.98. The molecule has 2 N–H and O–H groups in total. The Balaban J connectivity index is 1.47. The van der Waals surface area contributed by atoms with Gasteiger partial charge in [0, 0.05) is 36.0 Å². The van der Waals surface area contributed by atoms with Crippen LogP contribution in [0.2, 0.25) is 0 Å². The number of aliphatic hydroxyl groups is 1. The highest BCUT2D eigenvalue weighted by Crippen LogP contribution is 2.71. The molecule has 13 nitrogen and oxygen atoms in total. The molecular formula is C33H45ClN2O11. The average molecular weight is 681 g/mol. The minimum atomic E-state index is -1.71. The maximum atomic E-state index is 14.2. The number of hydrogen-bond acceptors (Lipinski definition) is 11. The minimum absolute atomic E-state index is 0.00544. The Morgan fingerprint density at radius 2 is 1.87 bits per heavy atom. The lowest BCUT2D eigenvalue weighted by atomic mass is 9.46. The molecule has 8 atom stereocenters. The molecule has 2 fully saturated rings. The zero-order valence-corrected chi connectivity index (χ0v) is 28.1. The van der Waals surface area contributed by atoms with Gasteiger partial charge in [-0.2, -0.15) is 0 Å². The summed E-state index contributed by atoms with van der Waals surface area (Å²) in [4.78, 5) is 77.3. The van der Waals surface area contributed by atoms with E-state index in [4.69, 9.17) is 21.1 Å². The van der Waals surface area contributed by atoms with Gasteiger partial charge in [-0.3, -0.25) is 24.0 Å². The maximum absolute atomic E-state index is 14.2. The number of ether oxygens (including phenoxy) is 2. The number of rotatable bonds is 14. The number of fused-ring (bicyclic) bond motifs is 5. The number of hydrogen-bond donors (Lipinski definition) is 2. The summed E-state index contributed by atoms with van der Waals surface area (Å²) < 4.78 is 11.4. The first-order valence-electron chi connectivity index (χ1n) is 16.3. The minimum Gasteiger partial charge on any atom is -0.456 e. The fraction of sp³-hybridized carbons (Fsp3) is 0.727. The Morgan fingerprint density at radius 3 is 2.55 bits per heavy atom. The van der Waals surface area contributed by atoms with E-state index < -0.39 is 75.2 Å². The largest absolute Gasteiger partial charge is 0.456 e. The molecule has 4 rings (SSSR count). The molecule has 0 saturated heterocycles. The number of carbonyl (C=O) groups is 5. The molecule has 14 heteroatoms. The predicted octanol–water partition coefficient (Wildman–Crippen LogP) is 3.56. The number of aliphatic hydroxyl groups excluding tert-OH is 1. The van der Waals surface area contributed by atoms with E-state index in [0.29, 0.717) is 32.1 Å². The van der Waals surface area contributed by atoms with Gasteiger partial charge in [-0.1, -0.05) is 51.8 Å². The van der Waals surface area contributed by atoms with E-state index in [1.54, 1.807) is 13.0 Å². The summed E-state index contributed by atoms with van der Waals surface area (Å²) in [5, 5.41) is 23.6. The van der Waals surface area contributed by atoms with E-state index in [1.165, 1.54) is 6.08 Å². The summed E-state index contributed by atoms with van der Waals surface area (Å²) in [7, 11) is 0. The Bertz CT molecular complexity index is 1370. The van der Waals surface area contributed by atoms with Gasteiger partial charge in [-0.15, -0.1) is 21.7 Å². The van der Waals surface area contributed by atoms with Crippen molar-refractivity contribution >= 4 is 41.0 Å². The summed E-state index contributed by atoms with van der Waals surface area (Å²) >= 11 is 7.52. The summed E-state index contributed by atoms with van der Waals surface area (Å²) in [6.07, 6.45) is 6.87. The van der Waals surface area contributed by atoms with Gasteiger partial charge in [0.15, 0.2) is 18.0 Å². The van der Waals surface area contributed by atoms with E-state index in [0.717, 1.165) is 5.57 Å². The third kappa shape index (κ3) is 6.45. The molecule has 0 bridgehead atoms. The van der Waals surface area contributed by atoms with E-state index >= 15 is 0 Å². The van der Waals surface area contributed by atoms with Crippen LogP contribution in [0.1, 0.15) is 85.5 Å². The average Bonchev–Trinajstić information content (AvgIpc) is 3.23. The van der Waals surface area contributed by atoms with Crippen molar-refractivity contribution in [2.24, 2.45) is 28.6 Å². The Hall–Kier alpha value is -3.32. The number of Topliss-reactive ketones (excluding diaryl/α,β-unsaturated/α-hetero) is 1.